The quantitative estimate of drug-likeness (QED) is 0.627. The van der Waals surface area contributed by atoms with E-state index in [1.54, 1.807) is 0 Å². The highest BCUT2D eigenvalue weighted by atomic mass is 35.5. The van der Waals surface area contributed by atoms with Crippen LogP contribution in [0.2, 0.25) is 5.02 Å². The third kappa shape index (κ3) is 4.01. The Bertz CT molecular complexity index is 950. The van der Waals surface area contributed by atoms with Gasteiger partial charge in [-0.15, -0.1) is 0 Å². The fraction of sp³-hybridized carbons (Fsp3) is 0.364. The van der Waals surface area contributed by atoms with Gasteiger partial charge in [0.05, 0.1) is 5.52 Å². The summed E-state index contributed by atoms with van der Waals surface area (Å²) in [6.45, 7) is 2.80. The van der Waals surface area contributed by atoms with Gasteiger partial charge >= 0.3 is 0 Å². The van der Waals surface area contributed by atoms with Gasteiger partial charge in [-0.25, -0.2) is 4.98 Å². The second-order valence-electron chi connectivity index (χ2n) is 7.45. The summed E-state index contributed by atoms with van der Waals surface area (Å²) in [6.07, 6.45) is 4.97. The topological polar surface area (TPSA) is 41.1 Å². The average Bonchev–Trinajstić information content (AvgIpc) is 3.17. The van der Waals surface area contributed by atoms with Gasteiger partial charge in [-0.05, 0) is 49.1 Å². The molecule has 1 heterocycles. The van der Waals surface area contributed by atoms with Crippen LogP contribution in [0, 0.1) is 6.92 Å². The maximum absolute atomic E-state index is 6.17. The number of anilines is 2. The zero-order chi connectivity index (χ0) is 18.8. The highest BCUT2D eigenvalue weighted by Gasteiger charge is 2.18. The maximum atomic E-state index is 6.17. The van der Waals surface area contributed by atoms with Gasteiger partial charge in [0.1, 0.15) is 5.82 Å². The number of para-hydroxylation sites is 1. The van der Waals surface area contributed by atoms with Crippen molar-refractivity contribution in [2.45, 2.75) is 45.2 Å². The minimum absolute atomic E-state index is 0.489. The molecule has 4 rings (SSSR count). The van der Waals surface area contributed by atoms with Crippen LogP contribution < -0.4 is 10.2 Å². The average molecular weight is 381 g/mol. The van der Waals surface area contributed by atoms with E-state index in [1.165, 1.54) is 31.2 Å². The number of nitrogens with one attached hydrogen (secondary N) is 1. The molecule has 0 spiro atoms. The van der Waals surface area contributed by atoms with Gasteiger partial charge in [-0.1, -0.05) is 48.7 Å². The predicted octanol–water partition coefficient (Wildman–Crippen LogP) is 5.58. The Hall–Kier alpha value is -2.33. The zero-order valence-electron chi connectivity index (χ0n) is 15.9. The van der Waals surface area contributed by atoms with Gasteiger partial charge < -0.3 is 10.2 Å². The molecule has 0 bridgehead atoms. The van der Waals surface area contributed by atoms with E-state index in [0.717, 1.165) is 39.8 Å². The molecule has 140 valence electrons. The molecular formula is C22H25ClN4. The molecule has 27 heavy (non-hydrogen) atoms. The third-order valence-electron chi connectivity index (χ3n) is 5.28. The Labute approximate surface area is 165 Å². The van der Waals surface area contributed by atoms with Crippen LogP contribution in [0.25, 0.3) is 10.9 Å². The number of halogens is 1. The lowest BCUT2D eigenvalue weighted by molar-refractivity contribution is 0.744. The van der Waals surface area contributed by atoms with E-state index < -0.39 is 0 Å². The van der Waals surface area contributed by atoms with Gasteiger partial charge in [0.25, 0.3) is 0 Å². The second-order valence-corrected chi connectivity index (χ2v) is 7.86. The number of fused-ring (bicyclic) bond motifs is 1. The van der Waals surface area contributed by atoms with E-state index in [9.17, 15) is 0 Å². The van der Waals surface area contributed by atoms with Crippen LogP contribution in [-0.4, -0.2) is 23.1 Å². The summed E-state index contributed by atoms with van der Waals surface area (Å²) >= 11 is 6.17. The standard InChI is InChI=1S/C22H25ClN4/c1-15-13-16(11-12-19(15)23)14-27(2)21-18-9-5-6-10-20(18)25-22(26-21)24-17-7-3-4-8-17/h5-6,9-13,17H,3-4,7-8,14H2,1-2H3,(H,24,25,26). The summed E-state index contributed by atoms with van der Waals surface area (Å²) in [6, 6.07) is 14.9. The van der Waals surface area contributed by atoms with Crippen molar-refractivity contribution in [2.75, 3.05) is 17.3 Å². The molecule has 1 N–H and O–H groups in total. The number of rotatable bonds is 5. The molecule has 1 aliphatic rings. The van der Waals surface area contributed by atoms with Crippen LogP contribution in [0.4, 0.5) is 11.8 Å². The molecule has 0 radical (unpaired) electrons. The number of hydrogen-bond donors (Lipinski definition) is 1. The van der Waals surface area contributed by atoms with E-state index in [1.807, 2.05) is 25.1 Å². The monoisotopic (exact) mass is 380 g/mol. The maximum Gasteiger partial charge on any atom is 0.225 e. The molecule has 1 saturated carbocycles. The third-order valence-corrected chi connectivity index (χ3v) is 5.70. The van der Waals surface area contributed by atoms with Gasteiger partial charge in [-0.3, -0.25) is 0 Å². The summed E-state index contributed by atoms with van der Waals surface area (Å²) in [5.74, 6) is 1.68. The van der Waals surface area contributed by atoms with E-state index >= 15 is 0 Å². The molecule has 0 unspecified atom stereocenters. The first-order chi connectivity index (χ1) is 13.1. The molecule has 0 saturated heterocycles. The first-order valence-electron chi connectivity index (χ1n) is 9.59. The van der Waals surface area contributed by atoms with Gasteiger partial charge in [0.2, 0.25) is 5.95 Å². The van der Waals surface area contributed by atoms with E-state index in [-0.39, 0.29) is 0 Å². The number of nitrogens with zero attached hydrogens (tertiary/aromatic N) is 3. The lowest BCUT2D eigenvalue weighted by Crippen LogP contribution is -2.21. The Morgan fingerprint density at radius 2 is 1.89 bits per heavy atom. The highest BCUT2D eigenvalue weighted by molar-refractivity contribution is 6.31. The first kappa shape index (κ1) is 18.1. The summed E-state index contributed by atoms with van der Waals surface area (Å²) < 4.78 is 0. The number of hydrogen-bond acceptors (Lipinski definition) is 4. The zero-order valence-corrected chi connectivity index (χ0v) is 16.6. The summed E-state index contributed by atoms with van der Waals surface area (Å²) in [7, 11) is 2.08. The normalized spacial score (nSPS) is 14.6. The molecule has 1 aliphatic carbocycles. The Balaban J connectivity index is 1.66. The van der Waals surface area contributed by atoms with Crippen molar-refractivity contribution in [1.82, 2.24) is 9.97 Å². The number of aryl methyl sites for hydroxylation is 1. The fourth-order valence-corrected chi connectivity index (χ4v) is 3.94. The van der Waals surface area contributed by atoms with E-state index in [2.05, 4.69) is 41.5 Å². The minimum Gasteiger partial charge on any atom is -0.355 e. The molecular weight excluding hydrogens is 356 g/mol. The van der Waals surface area contributed by atoms with Crippen molar-refractivity contribution in [3.05, 3.63) is 58.6 Å². The predicted molar refractivity (Wildman–Crippen MR) is 114 cm³/mol. The smallest absolute Gasteiger partial charge is 0.225 e. The van der Waals surface area contributed by atoms with E-state index in [0.29, 0.717) is 6.04 Å². The first-order valence-corrected chi connectivity index (χ1v) is 9.97. The molecule has 0 atom stereocenters. The lowest BCUT2D eigenvalue weighted by Gasteiger charge is -2.22. The van der Waals surface area contributed by atoms with Crippen LogP contribution in [-0.2, 0) is 6.54 Å². The minimum atomic E-state index is 0.489. The fourth-order valence-electron chi connectivity index (χ4n) is 3.82. The molecule has 4 nitrogen and oxygen atoms in total. The SMILES string of the molecule is Cc1cc(CN(C)c2nc(NC3CCCC3)nc3ccccc23)ccc1Cl. The second kappa shape index (κ2) is 7.73. The van der Waals surface area contributed by atoms with Crippen LogP contribution in [0.15, 0.2) is 42.5 Å². The van der Waals surface area contributed by atoms with Crippen molar-refractivity contribution >= 4 is 34.3 Å². The summed E-state index contributed by atoms with van der Waals surface area (Å²) in [5.41, 5.74) is 3.29. The molecule has 5 heteroatoms. The van der Waals surface area contributed by atoms with Crippen LogP contribution in [0.3, 0.4) is 0 Å². The van der Waals surface area contributed by atoms with E-state index in [4.69, 9.17) is 21.6 Å². The Morgan fingerprint density at radius 1 is 1.11 bits per heavy atom. The summed E-state index contributed by atoms with van der Waals surface area (Å²) in [5, 5.41) is 5.42. The van der Waals surface area contributed by atoms with Crippen molar-refractivity contribution in [2.24, 2.45) is 0 Å². The van der Waals surface area contributed by atoms with Crippen LogP contribution in [0.1, 0.15) is 36.8 Å². The number of benzene rings is 2. The molecule has 0 aliphatic heterocycles. The molecule has 3 aromatic rings. The Kier molecular flexibility index (Phi) is 5.17. The van der Waals surface area contributed by atoms with Crippen molar-refractivity contribution < 1.29 is 0 Å². The van der Waals surface area contributed by atoms with Crippen molar-refractivity contribution in [3.8, 4) is 0 Å². The number of aromatic nitrogens is 2. The lowest BCUT2D eigenvalue weighted by atomic mass is 10.1. The largest absolute Gasteiger partial charge is 0.355 e. The van der Waals surface area contributed by atoms with Crippen LogP contribution >= 0.6 is 11.6 Å². The van der Waals surface area contributed by atoms with Gasteiger partial charge in [-0.2, -0.15) is 4.98 Å². The molecule has 2 aromatic carbocycles. The van der Waals surface area contributed by atoms with Crippen molar-refractivity contribution in [1.29, 1.82) is 0 Å². The molecule has 0 amide bonds. The van der Waals surface area contributed by atoms with Gasteiger partial charge in [0, 0.05) is 30.0 Å². The van der Waals surface area contributed by atoms with Crippen LogP contribution in [0.5, 0.6) is 0 Å². The molecule has 1 aromatic heterocycles. The highest BCUT2D eigenvalue weighted by Crippen LogP contribution is 2.28. The molecule has 1 fully saturated rings. The summed E-state index contributed by atoms with van der Waals surface area (Å²) in [4.78, 5) is 11.8. The van der Waals surface area contributed by atoms with Crippen molar-refractivity contribution in [3.63, 3.8) is 0 Å². The van der Waals surface area contributed by atoms with Gasteiger partial charge in [0.15, 0.2) is 0 Å². The Morgan fingerprint density at radius 3 is 2.67 bits per heavy atom.